The molecule has 0 saturated carbocycles. The molecule has 2 rings (SSSR count). The van der Waals surface area contributed by atoms with E-state index in [1.54, 1.807) is 0 Å². The molecule has 1 fully saturated rings. The molecule has 0 radical (unpaired) electrons. The monoisotopic (exact) mass is 297 g/mol. The van der Waals surface area contributed by atoms with Crippen molar-refractivity contribution in [3.63, 3.8) is 0 Å². The van der Waals surface area contributed by atoms with E-state index in [2.05, 4.69) is 21.2 Å². The van der Waals surface area contributed by atoms with E-state index >= 15 is 0 Å². The van der Waals surface area contributed by atoms with Gasteiger partial charge in [0.1, 0.15) is 12.6 Å². The Labute approximate surface area is 110 Å². The van der Waals surface area contributed by atoms with Gasteiger partial charge in [-0.15, -0.1) is 0 Å². The number of piperidine rings is 1. The fourth-order valence-corrected chi connectivity index (χ4v) is 2.38. The van der Waals surface area contributed by atoms with Gasteiger partial charge in [0.15, 0.2) is 0 Å². The Balaban J connectivity index is 1.83. The molecular weight excluding hydrogens is 282 g/mol. The lowest BCUT2D eigenvalue weighted by Gasteiger charge is -2.21. The van der Waals surface area contributed by atoms with Crippen molar-refractivity contribution in [2.75, 3.05) is 6.54 Å². The number of benzene rings is 1. The van der Waals surface area contributed by atoms with Crippen molar-refractivity contribution in [1.82, 2.24) is 5.32 Å². The fourth-order valence-electron chi connectivity index (χ4n) is 1.93. The first-order valence-corrected chi connectivity index (χ1v) is 6.69. The Hall–Kier alpha value is -0.870. The van der Waals surface area contributed by atoms with Gasteiger partial charge >= 0.3 is 5.97 Å². The highest BCUT2D eigenvalue weighted by Gasteiger charge is 2.21. The molecule has 1 aromatic rings. The van der Waals surface area contributed by atoms with Crippen LogP contribution in [0.3, 0.4) is 0 Å². The van der Waals surface area contributed by atoms with Crippen LogP contribution in [0.4, 0.5) is 0 Å². The molecule has 92 valence electrons. The molecule has 1 aromatic carbocycles. The number of halogens is 1. The number of nitrogens with one attached hydrogen (secondary N) is 1. The van der Waals surface area contributed by atoms with Crippen molar-refractivity contribution in [3.05, 3.63) is 34.3 Å². The molecule has 1 aliphatic heterocycles. The molecule has 17 heavy (non-hydrogen) atoms. The quantitative estimate of drug-likeness (QED) is 0.872. The smallest absolute Gasteiger partial charge is 0.323 e. The zero-order valence-electron chi connectivity index (χ0n) is 9.62. The first-order valence-electron chi connectivity index (χ1n) is 5.90. The van der Waals surface area contributed by atoms with E-state index in [0.29, 0.717) is 6.61 Å². The minimum atomic E-state index is -0.135. The average molecular weight is 298 g/mol. The van der Waals surface area contributed by atoms with Crippen molar-refractivity contribution >= 4 is 21.9 Å². The SMILES string of the molecule is O=C(OCc1cccc(Br)c1)[C@@H]1CCCCN1. The van der Waals surface area contributed by atoms with Crippen LogP contribution in [-0.2, 0) is 16.1 Å². The van der Waals surface area contributed by atoms with E-state index in [0.717, 1.165) is 35.8 Å². The van der Waals surface area contributed by atoms with Gasteiger partial charge in [0, 0.05) is 4.47 Å². The minimum absolute atomic E-state index is 0.115. The molecule has 0 aliphatic carbocycles. The summed E-state index contributed by atoms with van der Waals surface area (Å²) in [4.78, 5) is 11.8. The van der Waals surface area contributed by atoms with Crippen molar-refractivity contribution in [2.45, 2.75) is 31.9 Å². The summed E-state index contributed by atoms with van der Waals surface area (Å²) in [5.41, 5.74) is 1.00. The van der Waals surface area contributed by atoms with Crippen LogP contribution in [0.2, 0.25) is 0 Å². The Morgan fingerprint density at radius 1 is 1.47 bits per heavy atom. The maximum atomic E-state index is 11.8. The molecule has 0 bridgehead atoms. The zero-order valence-corrected chi connectivity index (χ0v) is 11.2. The van der Waals surface area contributed by atoms with Gasteiger partial charge < -0.3 is 10.1 Å². The number of rotatable bonds is 3. The van der Waals surface area contributed by atoms with E-state index in [9.17, 15) is 4.79 Å². The predicted octanol–water partition coefficient (Wildman–Crippen LogP) is 2.63. The molecule has 1 aliphatic rings. The normalized spacial score (nSPS) is 19.9. The first kappa shape index (κ1) is 12.6. The number of esters is 1. The number of hydrogen-bond acceptors (Lipinski definition) is 3. The molecular formula is C13H16BrNO2. The number of carbonyl (C=O) groups excluding carboxylic acids is 1. The Morgan fingerprint density at radius 2 is 2.35 bits per heavy atom. The van der Waals surface area contributed by atoms with Gasteiger partial charge in [0.25, 0.3) is 0 Å². The lowest BCUT2D eigenvalue weighted by molar-refractivity contribution is -0.148. The summed E-state index contributed by atoms with van der Waals surface area (Å²) in [7, 11) is 0. The molecule has 0 amide bonds. The minimum Gasteiger partial charge on any atom is -0.460 e. The molecule has 1 heterocycles. The summed E-state index contributed by atoms with van der Waals surface area (Å²) in [5, 5.41) is 3.18. The van der Waals surface area contributed by atoms with Crippen LogP contribution in [-0.4, -0.2) is 18.6 Å². The number of hydrogen-bond donors (Lipinski definition) is 1. The fraction of sp³-hybridized carbons (Fsp3) is 0.462. The second kappa shape index (κ2) is 6.17. The molecule has 0 aromatic heterocycles. The average Bonchev–Trinajstić information content (AvgIpc) is 2.37. The van der Waals surface area contributed by atoms with E-state index in [4.69, 9.17) is 4.74 Å². The highest BCUT2D eigenvalue weighted by molar-refractivity contribution is 9.10. The number of ether oxygens (including phenoxy) is 1. The van der Waals surface area contributed by atoms with Crippen LogP contribution in [0.1, 0.15) is 24.8 Å². The lowest BCUT2D eigenvalue weighted by Crippen LogP contribution is -2.41. The molecule has 1 saturated heterocycles. The van der Waals surface area contributed by atoms with Gasteiger partial charge in [-0.05, 0) is 37.1 Å². The second-order valence-corrected chi connectivity index (χ2v) is 5.16. The van der Waals surface area contributed by atoms with Gasteiger partial charge in [-0.25, -0.2) is 0 Å². The van der Waals surface area contributed by atoms with Crippen molar-refractivity contribution < 1.29 is 9.53 Å². The van der Waals surface area contributed by atoms with Crippen molar-refractivity contribution in [3.8, 4) is 0 Å². The first-order chi connectivity index (χ1) is 8.25. The molecule has 0 unspecified atom stereocenters. The van der Waals surface area contributed by atoms with Crippen LogP contribution in [0.15, 0.2) is 28.7 Å². The third kappa shape index (κ3) is 3.82. The number of carbonyl (C=O) groups is 1. The maximum absolute atomic E-state index is 11.8. The summed E-state index contributed by atoms with van der Waals surface area (Å²) in [5.74, 6) is -0.135. The Bertz CT molecular complexity index is 389. The zero-order chi connectivity index (χ0) is 12.1. The van der Waals surface area contributed by atoms with Crippen LogP contribution in [0, 0.1) is 0 Å². The topological polar surface area (TPSA) is 38.3 Å². The largest absolute Gasteiger partial charge is 0.460 e. The van der Waals surface area contributed by atoms with Gasteiger partial charge in [-0.1, -0.05) is 34.5 Å². The molecule has 1 atom stereocenters. The molecule has 0 spiro atoms. The summed E-state index contributed by atoms with van der Waals surface area (Å²) >= 11 is 3.39. The lowest BCUT2D eigenvalue weighted by atomic mass is 10.1. The Kier molecular flexibility index (Phi) is 4.57. The Morgan fingerprint density at radius 3 is 3.06 bits per heavy atom. The van der Waals surface area contributed by atoms with Gasteiger partial charge in [0.2, 0.25) is 0 Å². The maximum Gasteiger partial charge on any atom is 0.323 e. The van der Waals surface area contributed by atoms with Crippen LogP contribution in [0.5, 0.6) is 0 Å². The molecule has 1 N–H and O–H groups in total. The van der Waals surface area contributed by atoms with Gasteiger partial charge in [0.05, 0.1) is 0 Å². The predicted molar refractivity (Wildman–Crippen MR) is 69.6 cm³/mol. The van der Waals surface area contributed by atoms with Crippen LogP contribution < -0.4 is 5.32 Å². The highest BCUT2D eigenvalue weighted by Crippen LogP contribution is 2.13. The summed E-state index contributed by atoms with van der Waals surface area (Å²) in [6, 6.07) is 7.68. The van der Waals surface area contributed by atoms with Gasteiger partial charge in [-0.2, -0.15) is 0 Å². The highest BCUT2D eigenvalue weighted by atomic mass is 79.9. The van der Waals surface area contributed by atoms with E-state index in [-0.39, 0.29) is 12.0 Å². The standard InChI is InChI=1S/C13H16BrNO2/c14-11-5-3-4-10(8-11)9-17-13(16)12-6-1-2-7-15-12/h3-5,8,12,15H,1-2,6-7,9H2/t12-/m0/s1. The van der Waals surface area contributed by atoms with Crippen molar-refractivity contribution in [1.29, 1.82) is 0 Å². The summed E-state index contributed by atoms with van der Waals surface area (Å²) < 4.78 is 6.30. The molecule has 3 nitrogen and oxygen atoms in total. The summed E-state index contributed by atoms with van der Waals surface area (Å²) in [6.07, 6.45) is 3.14. The summed E-state index contributed by atoms with van der Waals surface area (Å²) in [6.45, 7) is 1.26. The van der Waals surface area contributed by atoms with E-state index in [1.165, 1.54) is 0 Å². The third-order valence-corrected chi connectivity index (χ3v) is 3.36. The third-order valence-electron chi connectivity index (χ3n) is 2.86. The van der Waals surface area contributed by atoms with Crippen LogP contribution >= 0.6 is 15.9 Å². The van der Waals surface area contributed by atoms with Gasteiger partial charge in [-0.3, -0.25) is 4.79 Å². The second-order valence-electron chi connectivity index (χ2n) is 4.24. The molecule has 4 heteroatoms. The van der Waals surface area contributed by atoms with E-state index < -0.39 is 0 Å². The van der Waals surface area contributed by atoms with Crippen LogP contribution in [0.25, 0.3) is 0 Å². The van der Waals surface area contributed by atoms with E-state index in [1.807, 2.05) is 24.3 Å². The van der Waals surface area contributed by atoms with Crippen molar-refractivity contribution in [2.24, 2.45) is 0 Å².